The Balaban J connectivity index is 2.11. The molecule has 0 aromatic carbocycles. The average Bonchev–Trinajstić information content (AvgIpc) is 2.24. The molecule has 3 heteroatoms. The predicted octanol–water partition coefficient (Wildman–Crippen LogP) is 2.54. The van der Waals surface area contributed by atoms with Gasteiger partial charge in [0.1, 0.15) is 6.10 Å². The summed E-state index contributed by atoms with van der Waals surface area (Å²) >= 11 is 2.32. The summed E-state index contributed by atoms with van der Waals surface area (Å²) in [5, 5.41) is 0. The van der Waals surface area contributed by atoms with E-state index in [0.29, 0.717) is 11.8 Å². The minimum absolute atomic E-state index is 0.0113. The number of hydrogen-bond donors (Lipinski definition) is 0. The van der Waals surface area contributed by atoms with Crippen molar-refractivity contribution in [2.24, 2.45) is 10.8 Å². The molecular formula is C10H15IO2. The maximum absolute atomic E-state index is 11.2. The first-order chi connectivity index (χ1) is 5.97. The lowest BCUT2D eigenvalue weighted by molar-refractivity contribution is -0.141. The second-order valence-corrected chi connectivity index (χ2v) is 6.07. The molecule has 2 rings (SSSR count). The third-order valence-electron chi connectivity index (χ3n) is 3.25. The molecule has 1 saturated heterocycles. The average molecular weight is 294 g/mol. The van der Waals surface area contributed by atoms with Crippen LogP contribution in [0.4, 0.5) is 0 Å². The molecule has 0 aromatic heterocycles. The molecule has 1 spiro atoms. The van der Waals surface area contributed by atoms with Crippen molar-refractivity contribution < 1.29 is 9.53 Å². The summed E-state index contributed by atoms with van der Waals surface area (Å²) in [6, 6.07) is 0. The van der Waals surface area contributed by atoms with Gasteiger partial charge < -0.3 is 4.74 Å². The molecule has 0 radical (unpaired) electrons. The van der Waals surface area contributed by atoms with Crippen LogP contribution in [0.15, 0.2) is 0 Å². The molecule has 0 amide bonds. The molecule has 13 heavy (non-hydrogen) atoms. The van der Waals surface area contributed by atoms with Crippen LogP contribution >= 0.6 is 22.6 Å². The second-order valence-electron chi connectivity index (χ2n) is 5.19. The van der Waals surface area contributed by atoms with Crippen LogP contribution in [-0.4, -0.2) is 16.5 Å². The number of alkyl halides is 1. The van der Waals surface area contributed by atoms with Crippen molar-refractivity contribution in [3.8, 4) is 0 Å². The highest BCUT2D eigenvalue weighted by molar-refractivity contribution is 14.1. The number of rotatable bonds is 1. The first-order valence-electron chi connectivity index (χ1n) is 4.73. The molecule has 1 aliphatic heterocycles. The lowest BCUT2D eigenvalue weighted by atomic mass is 9.52. The Morgan fingerprint density at radius 3 is 2.62 bits per heavy atom. The van der Waals surface area contributed by atoms with Gasteiger partial charge in [-0.15, -0.1) is 0 Å². The third-order valence-corrected chi connectivity index (χ3v) is 4.05. The van der Waals surface area contributed by atoms with Crippen LogP contribution in [0.1, 0.15) is 33.1 Å². The summed E-state index contributed by atoms with van der Waals surface area (Å²) in [6.45, 7) is 4.54. The van der Waals surface area contributed by atoms with Crippen molar-refractivity contribution in [1.29, 1.82) is 0 Å². The molecule has 2 fully saturated rings. The number of ether oxygens (including phenoxy) is 1. The fourth-order valence-corrected chi connectivity index (χ4v) is 4.24. The fraction of sp³-hybridized carbons (Fsp3) is 0.900. The van der Waals surface area contributed by atoms with E-state index in [1.807, 2.05) is 0 Å². The highest BCUT2D eigenvalue weighted by Gasteiger charge is 2.59. The van der Waals surface area contributed by atoms with E-state index in [1.165, 1.54) is 0 Å². The van der Waals surface area contributed by atoms with Gasteiger partial charge in [-0.1, -0.05) is 36.4 Å². The minimum Gasteiger partial charge on any atom is -0.461 e. The highest BCUT2D eigenvalue weighted by Crippen LogP contribution is 2.61. The first kappa shape index (κ1) is 9.74. The van der Waals surface area contributed by atoms with E-state index < -0.39 is 0 Å². The van der Waals surface area contributed by atoms with Gasteiger partial charge in [-0.05, 0) is 18.3 Å². The number of halogens is 1. The van der Waals surface area contributed by atoms with E-state index in [0.717, 1.165) is 17.3 Å². The van der Waals surface area contributed by atoms with Gasteiger partial charge in [0.25, 0.3) is 0 Å². The molecule has 0 N–H and O–H groups in total. The van der Waals surface area contributed by atoms with Crippen LogP contribution in [0, 0.1) is 10.8 Å². The van der Waals surface area contributed by atoms with Crippen molar-refractivity contribution in [1.82, 2.24) is 0 Å². The van der Waals surface area contributed by atoms with Crippen LogP contribution in [0.25, 0.3) is 0 Å². The molecule has 2 nitrogen and oxygen atoms in total. The van der Waals surface area contributed by atoms with Gasteiger partial charge in [0, 0.05) is 9.84 Å². The Labute approximate surface area is 92.5 Å². The Bertz CT molecular complexity index is 239. The quantitative estimate of drug-likeness (QED) is 0.422. The molecular weight excluding hydrogens is 279 g/mol. The first-order valence-corrected chi connectivity index (χ1v) is 6.26. The smallest absolute Gasteiger partial charge is 0.306 e. The van der Waals surface area contributed by atoms with Gasteiger partial charge >= 0.3 is 5.97 Å². The molecule has 1 unspecified atom stereocenters. The standard InChI is InChI=1S/C10H15IO2/c1-9(2)5-10(6-9)3-8(12)13-7(10)4-11/h7H,3-6H2,1-2H3. The van der Waals surface area contributed by atoms with E-state index in [4.69, 9.17) is 4.74 Å². The SMILES string of the molecule is CC1(C)CC2(CC(=O)OC2CI)C1. The zero-order chi connectivity index (χ0) is 9.69. The Kier molecular flexibility index (Phi) is 2.13. The molecule has 1 atom stereocenters. The molecule has 74 valence electrons. The Hall–Kier alpha value is 0.200. The maximum Gasteiger partial charge on any atom is 0.306 e. The molecule has 1 aliphatic carbocycles. The predicted molar refractivity (Wildman–Crippen MR) is 58.8 cm³/mol. The van der Waals surface area contributed by atoms with Gasteiger partial charge in [0.2, 0.25) is 0 Å². The van der Waals surface area contributed by atoms with Crippen molar-refractivity contribution in [3.63, 3.8) is 0 Å². The summed E-state index contributed by atoms with van der Waals surface area (Å²) in [7, 11) is 0. The monoisotopic (exact) mass is 294 g/mol. The molecule has 0 aromatic rings. The number of hydrogen-bond acceptors (Lipinski definition) is 2. The van der Waals surface area contributed by atoms with E-state index >= 15 is 0 Å². The van der Waals surface area contributed by atoms with Crippen LogP contribution in [-0.2, 0) is 9.53 Å². The fourth-order valence-electron chi connectivity index (χ4n) is 3.13. The van der Waals surface area contributed by atoms with Gasteiger partial charge in [0.15, 0.2) is 0 Å². The van der Waals surface area contributed by atoms with Crippen molar-refractivity contribution in [2.75, 3.05) is 4.43 Å². The summed E-state index contributed by atoms with van der Waals surface area (Å²) in [6.07, 6.45) is 3.15. The van der Waals surface area contributed by atoms with Crippen molar-refractivity contribution in [2.45, 2.75) is 39.2 Å². The molecule has 1 heterocycles. The molecule has 0 bridgehead atoms. The maximum atomic E-state index is 11.2. The summed E-state index contributed by atoms with van der Waals surface area (Å²) in [5.74, 6) is 0.0113. The van der Waals surface area contributed by atoms with Gasteiger partial charge in [-0.3, -0.25) is 4.79 Å². The molecule has 1 saturated carbocycles. The number of esters is 1. The van der Waals surface area contributed by atoms with E-state index in [2.05, 4.69) is 36.4 Å². The third kappa shape index (κ3) is 1.49. The van der Waals surface area contributed by atoms with Gasteiger partial charge in [0.05, 0.1) is 6.42 Å². The van der Waals surface area contributed by atoms with Gasteiger partial charge in [-0.2, -0.15) is 0 Å². The van der Waals surface area contributed by atoms with Gasteiger partial charge in [-0.25, -0.2) is 0 Å². The van der Waals surface area contributed by atoms with Crippen LogP contribution in [0.5, 0.6) is 0 Å². The Morgan fingerprint density at radius 2 is 2.15 bits per heavy atom. The lowest BCUT2D eigenvalue weighted by Gasteiger charge is -2.52. The van der Waals surface area contributed by atoms with Crippen molar-refractivity contribution >= 4 is 28.6 Å². The normalized spacial score (nSPS) is 34.4. The van der Waals surface area contributed by atoms with E-state index in [9.17, 15) is 4.79 Å². The summed E-state index contributed by atoms with van der Waals surface area (Å²) in [5.41, 5.74) is 0.639. The van der Waals surface area contributed by atoms with Crippen molar-refractivity contribution in [3.05, 3.63) is 0 Å². The largest absolute Gasteiger partial charge is 0.461 e. The zero-order valence-electron chi connectivity index (χ0n) is 8.10. The minimum atomic E-state index is 0.0113. The summed E-state index contributed by atoms with van der Waals surface area (Å²) < 4.78 is 6.26. The van der Waals surface area contributed by atoms with Crippen LogP contribution in [0.2, 0.25) is 0 Å². The Morgan fingerprint density at radius 1 is 1.54 bits per heavy atom. The van der Waals surface area contributed by atoms with E-state index in [1.54, 1.807) is 0 Å². The lowest BCUT2D eigenvalue weighted by Crippen LogP contribution is -2.48. The number of carbonyl (C=O) groups excluding carboxylic acids is 1. The van der Waals surface area contributed by atoms with Crippen LogP contribution < -0.4 is 0 Å². The van der Waals surface area contributed by atoms with Crippen LogP contribution in [0.3, 0.4) is 0 Å². The summed E-state index contributed by atoms with van der Waals surface area (Å²) in [4.78, 5) is 11.2. The number of cyclic esters (lactones) is 1. The highest BCUT2D eigenvalue weighted by atomic mass is 127. The topological polar surface area (TPSA) is 26.3 Å². The number of carbonyl (C=O) groups is 1. The second kappa shape index (κ2) is 2.84. The zero-order valence-corrected chi connectivity index (χ0v) is 10.3. The van der Waals surface area contributed by atoms with E-state index in [-0.39, 0.29) is 17.5 Å². The molecule has 2 aliphatic rings.